The van der Waals surface area contributed by atoms with Crippen molar-refractivity contribution in [2.24, 2.45) is 0 Å². The van der Waals surface area contributed by atoms with Crippen molar-refractivity contribution in [2.45, 2.75) is 25.9 Å². The summed E-state index contributed by atoms with van der Waals surface area (Å²) in [5.41, 5.74) is 1.71. The standard InChI is InChI=1S/C16H22ClNO3/c1-12-3-4-13(11-15(12)20-2)16(19)18-8-5-14(6-9-18)21-10-7-17/h3-4,11,14H,5-10H2,1-2H3. The number of benzene rings is 1. The SMILES string of the molecule is COc1cc(C(=O)N2CCC(OCCCl)CC2)ccc1C. The first-order chi connectivity index (χ1) is 10.2. The van der Waals surface area contributed by atoms with Crippen molar-refractivity contribution in [3.8, 4) is 5.75 Å². The van der Waals surface area contributed by atoms with Crippen LogP contribution in [0.15, 0.2) is 18.2 Å². The second kappa shape index (κ2) is 7.66. The highest BCUT2D eigenvalue weighted by atomic mass is 35.5. The van der Waals surface area contributed by atoms with Crippen LogP contribution in [0, 0.1) is 6.92 Å². The number of halogens is 1. The van der Waals surface area contributed by atoms with Crippen molar-refractivity contribution in [3.63, 3.8) is 0 Å². The monoisotopic (exact) mass is 311 g/mol. The van der Waals surface area contributed by atoms with Crippen molar-refractivity contribution in [1.29, 1.82) is 0 Å². The number of ether oxygens (including phenoxy) is 2. The topological polar surface area (TPSA) is 38.8 Å². The predicted molar refractivity (Wildman–Crippen MR) is 83.3 cm³/mol. The molecule has 1 aliphatic heterocycles. The number of methoxy groups -OCH3 is 1. The fraction of sp³-hybridized carbons (Fsp3) is 0.562. The van der Waals surface area contributed by atoms with Crippen LogP contribution in [0.25, 0.3) is 0 Å². The van der Waals surface area contributed by atoms with Gasteiger partial charge in [0.15, 0.2) is 0 Å². The average Bonchev–Trinajstić information content (AvgIpc) is 2.53. The number of nitrogens with zero attached hydrogens (tertiary/aromatic N) is 1. The highest BCUT2D eigenvalue weighted by molar-refractivity contribution is 6.17. The maximum absolute atomic E-state index is 12.5. The van der Waals surface area contributed by atoms with Gasteiger partial charge in [0, 0.05) is 24.5 Å². The van der Waals surface area contributed by atoms with Crippen LogP contribution < -0.4 is 4.74 Å². The number of rotatable bonds is 5. The van der Waals surface area contributed by atoms with E-state index in [9.17, 15) is 4.79 Å². The smallest absolute Gasteiger partial charge is 0.253 e. The van der Waals surface area contributed by atoms with E-state index in [1.54, 1.807) is 7.11 Å². The van der Waals surface area contributed by atoms with Crippen LogP contribution in [-0.4, -0.2) is 49.6 Å². The van der Waals surface area contributed by atoms with E-state index >= 15 is 0 Å². The number of aryl methyl sites for hydroxylation is 1. The van der Waals surface area contributed by atoms with Gasteiger partial charge in [-0.3, -0.25) is 4.79 Å². The number of piperidine rings is 1. The molecule has 1 aromatic rings. The Morgan fingerprint density at radius 3 is 2.71 bits per heavy atom. The molecule has 0 radical (unpaired) electrons. The molecule has 0 N–H and O–H groups in total. The van der Waals surface area contributed by atoms with Crippen molar-refractivity contribution in [2.75, 3.05) is 32.7 Å². The molecular weight excluding hydrogens is 290 g/mol. The van der Waals surface area contributed by atoms with Crippen molar-refractivity contribution >= 4 is 17.5 Å². The lowest BCUT2D eigenvalue weighted by atomic mass is 10.1. The Balaban J connectivity index is 1.95. The van der Waals surface area contributed by atoms with Gasteiger partial charge in [-0.05, 0) is 37.5 Å². The third kappa shape index (κ3) is 4.11. The van der Waals surface area contributed by atoms with Gasteiger partial charge in [-0.2, -0.15) is 0 Å². The molecule has 5 heteroatoms. The lowest BCUT2D eigenvalue weighted by molar-refractivity contribution is 0.0154. The largest absolute Gasteiger partial charge is 0.496 e. The minimum absolute atomic E-state index is 0.0593. The molecule has 0 unspecified atom stereocenters. The molecule has 1 aliphatic rings. The Hall–Kier alpha value is -1.26. The maximum Gasteiger partial charge on any atom is 0.253 e. The summed E-state index contributed by atoms with van der Waals surface area (Å²) in [6.07, 6.45) is 1.96. The lowest BCUT2D eigenvalue weighted by Crippen LogP contribution is -2.41. The van der Waals surface area contributed by atoms with Gasteiger partial charge < -0.3 is 14.4 Å². The molecule has 0 spiro atoms. The number of likely N-dealkylation sites (tertiary alicyclic amines) is 1. The van der Waals surface area contributed by atoms with Crippen molar-refractivity contribution in [3.05, 3.63) is 29.3 Å². The molecule has 1 aromatic carbocycles. The van der Waals surface area contributed by atoms with Crippen molar-refractivity contribution in [1.82, 2.24) is 4.90 Å². The number of carbonyl (C=O) groups excluding carboxylic acids is 1. The van der Waals surface area contributed by atoms with Gasteiger partial charge in [0.2, 0.25) is 0 Å². The zero-order valence-corrected chi connectivity index (χ0v) is 13.4. The number of hydrogen-bond acceptors (Lipinski definition) is 3. The van der Waals surface area contributed by atoms with Crippen LogP contribution in [0.2, 0.25) is 0 Å². The van der Waals surface area contributed by atoms with Crippen molar-refractivity contribution < 1.29 is 14.3 Å². The highest BCUT2D eigenvalue weighted by Crippen LogP contribution is 2.22. The molecule has 1 amide bonds. The molecular formula is C16H22ClNO3. The minimum Gasteiger partial charge on any atom is -0.496 e. The normalized spacial score (nSPS) is 16.0. The molecule has 1 fully saturated rings. The first-order valence-corrected chi connectivity index (χ1v) is 7.80. The van der Waals surface area contributed by atoms with E-state index in [0.717, 1.165) is 37.2 Å². The maximum atomic E-state index is 12.5. The second-order valence-corrected chi connectivity index (χ2v) is 5.61. The zero-order valence-electron chi connectivity index (χ0n) is 12.6. The molecule has 0 saturated carbocycles. The van der Waals surface area contributed by atoms with Gasteiger partial charge in [0.25, 0.3) is 5.91 Å². The van der Waals surface area contributed by atoms with E-state index in [-0.39, 0.29) is 12.0 Å². The van der Waals surface area contributed by atoms with E-state index in [1.165, 1.54) is 0 Å². The van der Waals surface area contributed by atoms with Gasteiger partial charge in [0.05, 0.1) is 19.8 Å². The van der Waals surface area contributed by atoms with E-state index in [4.69, 9.17) is 21.1 Å². The number of alkyl halides is 1. The van der Waals surface area contributed by atoms with Crippen LogP contribution in [0.5, 0.6) is 5.75 Å². The molecule has 4 nitrogen and oxygen atoms in total. The molecule has 1 saturated heterocycles. The summed E-state index contributed by atoms with van der Waals surface area (Å²) >= 11 is 5.62. The van der Waals surface area contributed by atoms with Crippen LogP contribution in [0.4, 0.5) is 0 Å². The molecule has 21 heavy (non-hydrogen) atoms. The van der Waals surface area contributed by atoms with Gasteiger partial charge in [-0.25, -0.2) is 0 Å². The summed E-state index contributed by atoms with van der Waals surface area (Å²) in [5.74, 6) is 1.33. The molecule has 116 valence electrons. The molecule has 0 bridgehead atoms. The van der Waals surface area contributed by atoms with Crippen LogP contribution >= 0.6 is 11.6 Å². The molecule has 0 aliphatic carbocycles. The first kappa shape index (κ1) is 16.1. The summed E-state index contributed by atoms with van der Waals surface area (Å²) in [6.45, 7) is 3.99. The van der Waals surface area contributed by atoms with E-state index in [0.29, 0.717) is 18.1 Å². The van der Waals surface area contributed by atoms with Gasteiger partial charge in [-0.15, -0.1) is 11.6 Å². The summed E-state index contributed by atoms with van der Waals surface area (Å²) in [5, 5.41) is 0. The van der Waals surface area contributed by atoms with E-state index < -0.39 is 0 Å². The summed E-state index contributed by atoms with van der Waals surface area (Å²) in [6, 6.07) is 5.59. The Bertz CT molecular complexity index is 484. The molecule has 0 atom stereocenters. The van der Waals surface area contributed by atoms with Gasteiger partial charge >= 0.3 is 0 Å². The third-order valence-electron chi connectivity index (χ3n) is 3.81. The minimum atomic E-state index is 0.0593. The predicted octanol–water partition coefficient (Wildman–Crippen LogP) is 2.86. The van der Waals surface area contributed by atoms with Gasteiger partial charge in [-0.1, -0.05) is 6.07 Å². The number of carbonyl (C=O) groups is 1. The van der Waals surface area contributed by atoms with E-state index in [1.807, 2.05) is 30.0 Å². The number of amides is 1. The molecule has 1 heterocycles. The third-order valence-corrected chi connectivity index (χ3v) is 3.97. The quantitative estimate of drug-likeness (QED) is 0.785. The average molecular weight is 312 g/mol. The first-order valence-electron chi connectivity index (χ1n) is 7.27. The fourth-order valence-electron chi connectivity index (χ4n) is 2.57. The second-order valence-electron chi connectivity index (χ2n) is 5.24. The highest BCUT2D eigenvalue weighted by Gasteiger charge is 2.24. The molecule has 2 rings (SSSR count). The summed E-state index contributed by atoms with van der Waals surface area (Å²) in [7, 11) is 1.62. The lowest BCUT2D eigenvalue weighted by Gasteiger charge is -2.32. The Morgan fingerprint density at radius 2 is 2.10 bits per heavy atom. The van der Waals surface area contributed by atoms with Crippen LogP contribution in [-0.2, 0) is 4.74 Å². The summed E-state index contributed by atoms with van der Waals surface area (Å²) in [4.78, 5) is 14.4. The molecule has 0 aromatic heterocycles. The van der Waals surface area contributed by atoms with Crippen LogP contribution in [0.1, 0.15) is 28.8 Å². The van der Waals surface area contributed by atoms with Gasteiger partial charge in [0.1, 0.15) is 5.75 Å². The zero-order chi connectivity index (χ0) is 15.2. The Kier molecular flexibility index (Phi) is 5.88. The fourth-order valence-corrected chi connectivity index (χ4v) is 2.66. The Morgan fingerprint density at radius 1 is 1.38 bits per heavy atom. The summed E-state index contributed by atoms with van der Waals surface area (Å²) < 4.78 is 10.9. The Labute approximate surface area is 131 Å². The van der Waals surface area contributed by atoms with Crippen LogP contribution in [0.3, 0.4) is 0 Å². The number of hydrogen-bond donors (Lipinski definition) is 0. The van der Waals surface area contributed by atoms with E-state index in [2.05, 4.69) is 0 Å².